The number of carbonyl (C=O) groups excluding carboxylic acids is 2. The normalized spacial score (nSPS) is 21.6. The van der Waals surface area contributed by atoms with E-state index in [0.717, 1.165) is 69.2 Å². The van der Waals surface area contributed by atoms with Crippen LogP contribution in [0, 0.1) is 5.92 Å². The number of fused-ring (bicyclic) bond motifs is 1. The number of piperidine rings is 1. The van der Waals surface area contributed by atoms with Gasteiger partial charge in [-0.25, -0.2) is 0 Å². The lowest BCUT2D eigenvalue weighted by atomic mass is 9.98. The van der Waals surface area contributed by atoms with Gasteiger partial charge in [-0.05, 0) is 56.3 Å². The highest BCUT2D eigenvalue weighted by atomic mass is 16.2. The van der Waals surface area contributed by atoms with Crippen molar-refractivity contribution in [3.63, 3.8) is 0 Å². The van der Waals surface area contributed by atoms with Gasteiger partial charge in [0.1, 0.15) is 6.29 Å². The first kappa shape index (κ1) is 20.9. The lowest BCUT2D eigenvalue weighted by Crippen LogP contribution is -2.52. The summed E-state index contributed by atoms with van der Waals surface area (Å²) in [6.07, 6.45) is 5.39. The molecule has 5 heteroatoms. The maximum absolute atomic E-state index is 12.9. The van der Waals surface area contributed by atoms with Crippen molar-refractivity contribution in [2.24, 2.45) is 5.92 Å². The van der Waals surface area contributed by atoms with Gasteiger partial charge in [-0.2, -0.15) is 0 Å². The fourth-order valence-electron chi connectivity index (χ4n) is 4.86. The van der Waals surface area contributed by atoms with Gasteiger partial charge in [-0.1, -0.05) is 25.1 Å². The van der Waals surface area contributed by atoms with E-state index >= 15 is 0 Å². The molecule has 5 nitrogen and oxygen atoms in total. The van der Waals surface area contributed by atoms with Crippen LogP contribution in [0.2, 0.25) is 0 Å². The molecule has 0 bridgehead atoms. The molecule has 0 aromatic heterocycles. The van der Waals surface area contributed by atoms with Crippen LogP contribution >= 0.6 is 0 Å². The molecule has 160 valence electrons. The molecule has 2 atom stereocenters. The highest BCUT2D eigenvalue weighted by Gasteiger charge is 2.27. The number of benzene rings is 2. The van der Waals surface area contributed by atoms with Crippen LogP contribution in [0.5, 0.6) is 0 Å². The first-order valence-corrected chi connectivity index (χ1v) is 11.3. The number of amides is 1. The Hall–Kier alpha value is -2.40. The average molecular weight is 408 g/mol. The van der Waals surface area contributed by atoms with Gasteiger partial charge < -0.3 is 14.6 Å². The standard InChI is InChI=1S/C25H33N3O2/c1-19(18-29)15-22-17-28(14-13-26(22)2)24-8-6-7-20-16-21(9-10-23(20)24)25(30)27-11-4-3-5-12-27/h6-10,16,18-19,22H,3-5,11-15,17H2,1-2H3. The first-order valence-electron chi connectivity index (χ1n) is 11.3. The molecule has 0 N–H and O–H groups in total. The maximum Gasteiger partial charge on any atom is 0.253 e. The van der Waals surface area contributed by atoms with Crippen LogP contribution in [-0.4, -0.2) is 67.8 Å². The predicted molar refractivity (Wildman–Crippen MR) is 122 cm³/mol. The fraction of sp³-hybridized carbons (Fsp3) is 0.520. The Morgan fingerprint density at radius 3 is 2.67 bits per heavy atom. The summed E-state index contributed by atoms with van der Waals surface area (Å²) in [5.41, 5.74) is 2.01. The Labute approximate surface area is 179 Å². The van der Waals surface area contributed by atoms with E-state index in [1.165, 1.54) is 17.5 Å². The van der Waals surface area contributed by atoms with Gasteiger partial charge in [0.25, 0.3) is 5.91 Å². The summed E-state index contributed by atoms with van der Waals surface area (Å²) in [7, 11) is 2.15. The van der Waals surface area contributed by atoms with Gasteiger partial charge in [0.2, 0.25) is 0 Å². The number of aldehydes is 1. The Morgan fingerprint density at radius 1 is 1.10 bits per heavy atom. The number of likely N-dealkylation sites (N-methyl/N-ethyl adjacent to an activating group) is 1. The third kappa shape index (κ3) is 4.36. The molecule has 30 heavy (non-hydrogen) atoms. The molecular weight excluding hydrogens is 374 g/mol. The maximum atomic E-state index is 12.9. The largest absolute Gasteiger partial charge is 0.368 e. The van der Waals surface area contributed by atoms with Crippen LogP contribution in [0.3, 0.4) is 0 Å². The molecule has 2 aliphatic rings. The second-order valence-electron chi connectivity index (χ2n) is 9.00. The topological polar surface area (TPSA) is 43.9 Å². The summed E-state index contributed by atoms with van der Waals surface area (Å²) in [6, 6.07) is 12.9. The summed E-state index contributed by atoms with van der Waals surface area (Å²) in [6.45, 7) is 6.62. The zero-order chi connectivity index (χ0) is 21.1. The molecule has 0 radical (unpaired) electrons. The molecule has 0 aliphatic carbocycles. The van der Waals surface area contributed by atoms with E-state index in [4.69, 9.17) is 0 Å². The van der Waals surface area contributed by atoms with Gasteiger partial charge in [0, 0.05) is 61.3 Å². The van der Waals surface area contributed by atoms with E-state index < -0.39 is 0 Å². The third-order valence-electron chi connectivity index (χ3n) is 6.74. The lowest BCUT2D eigenvalue weighted by Gasteiger charge is -2.41. The highest BCUT2D eigenvalue weighted by molar-refractivity contribution is 6.02. The van der Waals surface area contributed by atoms with Crippen LogP contribution < -0.4 is 4.90 Å². The summed E-state index contributed by atoms with van der Waals surface area (Å²) in [5, 5.41) is 2.31. The number of piperazine rings is 1. The van der Waals surface area contributed by atoms with Crippen molar-refractivity contribution in [1.29, 1.82) is 0 Å². The molecule has 2 aromatic rings. The summed E-state index contributed by atoms with van der Waals surface area (Å²) >= 11 is 0. The van der Waals surface area contributed by atoms with Gasteiger partial charge in [-0.15, -0.1) is 0 Å². The Balaban J connectivity index is 1.57. The number of nitrogens with zero attached hydrogens (tertiary/aromatic N) is 3. The number of hydrogen-bond acceptors (Lipinski definition) is 4. The predicted octanol–water partition coefficient (Wildman–Crippen LogP) is 3.81. The first-order chi connectivity index (χ1) is 14.6. The summed E-state index contributed by atoms with van der Waals surface area (Å²) < 4.78 is 0. The van der Waals surface area contributed by atoms with E-state index in [0.29, 0.717) is 6.04 Å². The number of likely N-dealkylation sites (tertiary alicyclic amines) is 1. The number of hydrogen-bond donors (Lipinski definition) is 0. The minimum Gasteiger partial charge on any atom is -0.368 e. The van der Waals surface area contributed by atoms with Crippen molar-refractivity contribution in [2.45, 2.75) is 38.6 Å². The lowest BCUT2D eigenvalue weighted by molar-refractivity contribution is -0.111. The number of rotatable bonds is 5. The zero-order valence-electron chi connectivity index (χ0n) is 18.2. The molecule has 2 fully saturated rings. The van der Waals surface area contributed by atoms with E-state index in [1.54, 1.807) is 0 Å². The summed E-state index contributed by atoms with van der Waals surface area (Å²) in [5.74, 6) is 0.234. The van der Waals surface area contributed by atoms with Crippen LogP contribution in [-0.2, 0) is 4.79 Å². The Morgan fingerprint density at radius 2 is 1.90 bits per heavy atom. The van der Waals surface area contributed by atoms with Gasteiger partial charge in [0.05, 0.1) is 0 Å². The minimum absolute atomic E-state index is 0.0771. The third-order valence-corrected chi connectivity index (χ3v) is 6.74. The van der Waals surface area contributed by atoms with Crippen molar-refractivity contribution in [2.75, 3.05) is 44.7 Å². The van der Waals surface area contributed by atoms with Gasteiger partial charge in [-0.3, -0.25) is 9.69 Å². The van der Waals surface area contributed by atoms with Crippen LogP contribution in [0.25, 0.3) is 10.8 Å². The molecule has 0 spiro atoms. The molecule has 2 unspecified atom stereocenters. The molecule has 2 heterocycles. The monoisotopic (exact) mass is 407 g/mol. The van der Waals surface area contributed by atoms with Crippen molar-refractivity contribution in [1.82, 2.24) is 9.80 Å². The molecule has 2 aliphatic heterocycles. The van der Waals surface area contributed by atoms with Crippen LogP contribution in [0.1, 0.15) is 43.0 Å². The highest BCUT2D eigenvalue weighted by Crippen LogP contribution is 2.30. The van der Waals surface area contributed by atoms with E-state index in [-0.39, 0.29) is 11.8 Å². The van der Waals surface area contributed by atoms with E-state index in [9.17, 15) is 9.59 Å². The van der Waals surface area contributed by atoms with Gasteiger partial charge >= 0.3 is 0 Å². The fourth-order valence-corrected chi connectivity index (χ4v) is 4.86. The van der Waals surface area contributed by atoms with Crippen LogP contribution in [0.15, 0.2) is 36.4 Å². The zero-order valence-corrected chi connectivity index (χ0v) is 18.2. The number of carbonyl (C=O) groups is 2. The van der Waals surface area contributed by atoms with Crippen molar-refractivity contribution in [3.8, 4) is 0 Å². The molecule has 1 amide bonds. The average Bonchev–Trinajstić information content (AvgIpc) is 2.79. The second kappa shape index (κ2) is 9.17. The Kier molecular flexibility index (Phi) is 6.38. The van der Waals surface area contributed by atoms with E-state index in [2.05, 4.69) is 47.2 Å². The molecule has 0 saturated carbocycles. The van der Waals surface area contributed by atoms with Gasteiger partial charge in [0.15, 0.2) is 0 Å². The second-order valence-corrected chi connectivity index (χ2v) is 9.00. The molecule has 2 aromatic carbocycles. The summed E-state index contributed by atoms with van der Waals surface area (Å²) in [4.78, 5) is 30.9. The van der Waals surface area contributed by atoms with Crippen molar-refractivity contribution in [3.05, 3.63) is 42.0 Å². The van der Waals surface area contributed by atoms with Crippen molar-refractivity contribution < 1.29 is 9.59 Å². The SMILES string of the molecule is CC(C=O)CC1CN(c2cccc3cc(C(=O)N4CCCCC4)ccc23)CCN1C. The smallest absolute Gasteiger partial charge is 0.253 e. The number of anilines is 1. The quantitative estimate of drug-likeness (QED) is 0.707. The van der Waals surface area contributed by atoms with E-state index in [1.807, 2.05) is 17.9 Å². The molecule has 2 saturated heterocycles. The van der Waals surface area contributed by atoms with Crippen molar-refractivity contribution >= 4 is 28.7 Å². The van der Waals surface area contributed by atoms with Crippen LogP contribution in [0.4, 0.5) is 5.69 Å². The molecule has 4 rings (SSSR count). The molecular formula is C25H33N3O2. The Bertz CT molecular complexity index is 906. The minimum atomic E-state index is 0.0771.